The first-order valence-corrected chi connectivity index (χ1v) is 19.9. The van der Waals surface area contributed by atoms with Crippen molar-refractivity contribution in [2.45, 2.75) is 172 Å². The molecule has 0 aromatic carbocycles. The lowest BCUT2D eigenvalue weighted by Gasteiger charge is -2.66. The maximum atomic E-state index is 12.7. The van der Waals surface area contributed by atoms with Crippen molar-refractivity contribution in [2.24, 2.45) is 46.3 Å². The minimum absolute atomic E-state index is 0.0380. The third-order valence-corrected chi connectivity index (χ3v) is 15.1. The first kappa shape index (κ1) is 41.1. The van der Waals surface area contributed by atoms with Gasteiger partial charge in [-0.25, -0.2) is 0 Å². The molecule has 0 amide bonds. The number of hydrogen-bond acceptors (Lipinski definition) is 13. The molecular weight excluding hydrogens is 676 g/mol. The van der Waals surface area contributed by atoms with Crippen molar-refractivity contribution in [3.05, 3.63) is 0 Å². The van der Waals surface area contributed by atoms with E-state index in [-0.39, 0.29) is 65.5 Å². The molecule has 0 aromatic heterocycles. The van der Waals surface area contributed by atoms with Crippen LogP contribution in [0.1, 0.15) is 92.4 Å². The SMILES string of the molecule is CO[C@H]1[C@H](O[C@H]2[C@H](O[C@@H](CC[C@@H](C)[C@H]3CC(O)C4[C@]5(O)C[C@@H](O)C6C[C@@H](O)CC[C@]6(C)C5CC[C@@]43C)C(C)C)O[C@@H](CO)[C@@H]2O)OC[C@@H](OC)[C@@H]1O. The van der Waals surface area contributed by atoms with Gasteiger partial charge in [0, 0.05) is 26.6 Å². The predicted octanol–water partition coefficient (Wildman–Crippen LogP) is 1.73. The number of aliphatic hydroxyl groups is 7. The Morgan fingerprint density at radius 2 is 1.54 bits per heavy atom. The highest BCUT2D eigenvalue weighted by molar-refractivity contribution is 5.20. The number of fused-ring (bicyclic) bond motifs is 5. The fourth-order valence-electron chi connectivity index (χ4n) is 12.4. The highest BCUT2D eigenvalue weighted by Crippen LogP contribution is 2.69. The van der Waals surface area contributed by atoms with Crippen molar-refractivity contribution in [2.75, 3.05) is 27.4 Å². The van der Waals surface area contributed by atoms with Crippen LogP contribution in [0.5, 0.6) is 0 Å². The fraction of sp³-hybridized carbons (Fsp3) is 1.00. The van der Waals surface area contributed by atoms with Crippen molar-refractivity contribution in [3.63, 3.8) is 0 Å². The molecule has 2 aliphatic heterocycles. The molecule has 4 saturated carbocycles. The number of methoxy groups -OCH3 is 2. The smallest absolute Gasteiger partial charge is 0.187 e. The Morgan fingerprint density at radius 3 is 2.19 bits per heavy atom. The Kier molecular flexibility index (Phi) is 12.5. The van der Waals surface area contributed by atoms with Crippen molar-refractivity contribution in [1.82, 2.24) is 0 Å². The maximum absolute atomic E-state index is 12.7. The average molecular weight is 745 g/mol. The molecule has 4 aliphatic carbocycles. The van der Waals surface area contributed by atoms with Crippen LogP contribution in [0.3, 0.4) is 0 Å². The average Bonchev–Trinajstić information content (AvgIpc) is 3.55. The third-order valence-electron chi connectivity index (χ3n) is 15.1. The van der Waals surface area contributed by atoms with E-state index in [1.807, 2.05) is 0 Å². The topological polar surface area (TPSA) is 197 Å². The van der Waals surface area contributed by atoms with E-state index in [0.717, 1.165) is 25.7 Å². The molecule has 2 heterocycles. The first-order chi connectivity index (χ1) is 24.5. The Balaban J connectivity index is 1.13. The van der Waals surface area contributed by atoms with E-state index in [2.05, 4.69) is 34.6 Å². The van der Waals surface area contributed by atoms with Gasteiger partial charge in [-0.3, -0.25) is 0 Å². The van der Waals surface area contributed by atoms with Crippen LogP contribution in [-0.4, -0.2) is 142 Å². The molecule has 0 aromatic rings. The molecule has 6 aliphatic rings. The molecule has 0 bridgehead atoms. The van der Waals surface area contributed by atoms with Gasteiger partial charge in [-0.1, -0.05) is 34.6 Å². The van der Waals surface area contributed by atoms with Crippen LogP contribution in [0, 0.1) is 46.3 Å². The summed E-state index contributed by atoms with van der Waals surface area (Å²) < 4.78 is 35.4. The molecule has 6 fully saturated rings. The van der Waals surface area contributed by atoms with E-state index in [9.17, 15) is 35.7 Å². The lowest BCUT2D eigenvalue weighted by molar-refractivity contribution is -0.313. The molecule has 2 saturated heterocycles. The standard InChI is InChI=1S/C39H68O13/c1-19(2)26(50-36-33(30(44)27(17-40)51-36)52-35-32(48-7)31(45)28(47-6)18-49-35)9-8-20(3)22-15-24(42)34-38(22,5)13-11-29-37(4)12-10-21(41)14-23(37)25(43)16-39(29,34)46/h19-36,40-46H,8-18H2,1-7H3/t20-,21+,22-,23?,24?,25-,26+,27+,28-,29?,30+,31+,32-,33-,34?,35+,36-,37+,38-,39+/m1/s1. The van der Waals surface area contributed by atoms with Gasteiger partial charge in [0.2, 0.25) is 0 Å². The molecule has 0 radical (unpaired) electrons. The largest absolute Gasteiger partial charge is 0.394 e. The van der Waals surface area contributed by atoms with Crippen molar-refractivity contribution >= 4 is 0 Å². The van der Waals surface area contributed by atoms with E-state index >= 15 is 0 Å². The predicted molar refractivity (Wildman–Crippen MR) is 188 cm³/mol. The Bertz CT molecular complexity index is 1190. The van der Waals surface area contributed by atoms with Crippen LogP contribution in [0.15, 0.2) is 0 Å². The summed E-state index contributed by atoms with van der Waals surface area (Å²) in [5, 5.41) is 78.2. The summed E-state index contributed by atoms with van der Waals surface area (Å²) in [6, 6.07) is 0. The van der Waals surface area contributed by atoms with E-state index in [4.69, 9.17) is 28.4 Å². The lowest BCUT2D eigenvalue weighted by atomic mass is 9.42. The molecule has 52 heavy (non-hydrogen) atoms. The van der Waals surface area contributed by atoms with Crippen LogP contribution in [0.25, 0.3) is 0 Å². The zero-order valence-electron chi connectivity index (χ0n) is 32.3. The van der Waals surface area contributed by atoms with E-state index < -0.39 is 79.7 Å². The summed E-state index contributed by atoms with van der Waals surface area (Å²) in [6.07, 6.45) is -3.85. The quantitative estimate of drug-likeness (QED) is 0.153. The summed E-state index contributed by atoms with van der Waals surface area (Å²) in [5.41, 5.74) is -1.78. The minimum Gasteiger partial charge on any atom is -0.394 e. The molecule has 13 nitrogen and oxygen atoms in total. The highest BCUT2D eigenvalue weighted by atomic mass is 16.8. The van der Waals surface area contributed by atoms with Crippen LogP contribution in [0.4, 0.5) is 0 Å². The second-order valence-electron chi connectivity index (χ2n) is 18.2. The van der Waals surface area contributed by atoms with E-state index in [0.29, 0.717) is 25.7 Å². The van der Waals surface area contributed by atoms with Crippen LogP contribution in [0.2, 0.25) is 0 Å². The summed E-state index contributed by atoms with van der Waals surface area (Å²) in [5.74, 6) is -0.0251. The van der Waals surface area contributed by atoms with Gasteiger partial charge in [0.1, 0.15) is 36.6 Å². The van der Waals surface area contributed by atoms with Crippen molar-refractivity contribution in [1.29, 1.82) is 0 Å². The summed E-state index contributed by atoms with van der Waals surface area (Å²) in [4.78, 5) is 0. The summed E-state index contributed by atoms with van der Waals surface area (Å²) in [6.45, 7) is 10.4. The number of rotatable bonds is 12. The van der Waals surface area contributed by atoms with Gasteiger partial charge < -0.3 is 64.2 Å². The molecule has 0 spiro atoms. The van der Waals surface area contributed by atoms with Gasteiger partial charge >= 0.3 is 0 Å². The zero-order valence-corrected chi connectivity index (χ0v) is 32.3. The normalized spacial score (nSPS) is 51.9. The second-order valence-corrected chi connectivity index (χ2v) is 18.2. The van der Waals surface area contributed by atoms with Crippen LogP contribution < -0.4 is 0 Å². The molecule has 4 unspecified atom stereocenters. The van der Waals surface area contributed by atoms with Crippen LogP contribution in [-0.2, 0) is 28.4 Å². The second kappa shape index (κ2) is 15.8. The number of aliphatic hydroxyl groups excluding tert-OH is 6. The fourth-order valence-corrected chi connectivity index (χ4v) is 12.4. The third kappa shape index (κ3) is 7.05. The monoisotopic (exact) mass is 744 g/mol. The molecule has 13 heteroatoms. The molecule has 302 valence electrons. The maximum Gasteiger partial charge on any atom is 0.187 e. The Labute approximate surface area is 309 Å². The van der Waals surface area contributed by atoms with E-state index in [1.54, 1.807) is 0 Å². The number of ether oxygens (including phenoxy) is 6. The highest BCUT2D eigenvalue weighted by Gasteiger charge is 2.70. The molecule has 6 rings (SSSR count). The van der Waals surface area contributed by atoms with Crippen LogP contribution >= 0.6 is 0 Å². The zero-order chi connectivity index (χ0) is 37.9. The van der Waals surface area contributed by atoms with Crippen molar-refractivity contribution < 1.29 is 64.2 Å². The number of hydrogen-bond donors (Lipinski definition) is 7. The van der Waals surface area contributed by atoms with Gasteiger partial charge in [0.05, 0.1) is 43.2 Å². The lowest BCUT2D eigenvalue weighted by Crippen LogP contribution is -2.68. The van der Waals surface area contributed by atoms with Gasteiger partial charge in [0.15, 0.2) is 12.6 Å². The Hall–Kier alpha value is -0.520. The Morgan fingerprint density at radius 1 is 0.827 bits per heavy atom. The molecule has 20 atom stereocenters. The van der Waals surface area contributed by atoms with Crippen molar-refractivity contribution in [3.8, 4) is 0 Å². The minimum atomic E-state index is -1.22. The van der Waals surface area contributed by atoms with Gasteiger partial charge in [-0.15, -0.1) is 0 Å². The molecular formula is C39H68O13. The van der Waals surface area contributed by atoms with Gasteiger partial charge in [-0.2, -0.15) is 0 Å². The van der Waals surface area contributed by atoms with E-state index in [1.165, 1.54) is 14.2 Å². The summed E-state index contributed by atoms with van der Waals surface area (Å²) in [7, 11) is 2.91. The first-order valence-electron chi connectivity index (χ1n) is 19.9. The molecule has 7 N–H and O–H groups in total. The summed E-state index contributed by atoms with van der Waals surface area (Å²) >= 11 is 0. The van der Waals surface area contributed by atoms with Gasteiger partial charge in [0.25, 0.3) is 0 Å². The van der Waals surface area contributed by atoms with Gasteiger partial charge in [-0.05, 0) is 91.8 Å².